The van der Waals surface area contributed by atoms with Crippen molar-refractivity contribution in [3.05, 3.63) is 65.8 Å². The van der Waals surface area contributed by atoms with E-state index in [1.165, 1.54) is 22.3 Å². The Hall–Kier alpha value is -1.56. The molecule has 0 spiro atoms. The number of hydrogen-bond donors (Lipinski definition) is 0. The van der Waals surface area contributed by atoms with Crippen LogP contribution >= 0.6 is 0 Å². The molecule has 0 nitrogen and oxygen atoms in total. The van der Waals surface area contributed by atoms with E-state index in [4.69, 9.17) is 0 Å². The molecule has 0 fully saturated rings. The lowest BCUT2D eigenvalue weighted by atomic mass is 9.98. The van der Waals surface area contributed by atoms with Crippen LogP contribution in [0.4, 0.5) is 0 Å². The van der Waals surface area contributed by atoms with Crippen LogP contribution in [0.15, 0.2) is 49.1 Å². The van der Waals surface area contributed by atoms with Crippen molar-refractivity contribution in [3.8, 4) is 0 Å². The van der Waals surface area contributed by atoms with Gasteiger partial charge in [0.25, 0.3) is 0 Å². The van der Waals surface area contributed by atoms with E-state index in [1.54, 1.807) is 6.08 Å². The first kappa shape index (κ1) is 11.5. The number of allylic oxidation sites excluding steroid dienone is 5. The first-order valence-electron chi connectivity index (χ1n) is 5.22. The third-order valence-corrected chi connectivity index (χ3v) is 2.43. The van der Waals surface area contributed by atoms with Crippen LogP contribution in [-0.4, -0.2) is 0 Å². The first-order valence-corrected chi connectivity index (χ1v) is 5.22. The summed E-state index contributed by atoms with van der Waals surface area (Å²) >= 11 is 0. The molecule has 0 bridgehead atoms. The lowest BCUT2D eigenvalue weighted by molar-refractivity contribution is 1.36. The molecule has 0 aliphatic heterocycles. The zero-order valence-corrected chi connectivity index (χ0v) is 9.75. The average molecular weight is 198 g/mol. The molecular formula is C15H18. The monoisotopic (exact) mass is 198 g/mol. The molecule has 0 amide bonds. The van der Waals surface area contributed by atoms with Crippen LogP contribution < -0.4 is 0 Å². The van der Waals surface area contributed by atoms with Crippen molar-refractivity contribution in [1.82, 2.24) is 0 Å². The van der Waals surface area contributed by atoms with Gasteiger partial charge in [0.2, 0.25) is 0 Å². The normalized spacial score (nSPS) is 12.1. The summed E-state index contributed by atoms with van der Waals surface area (Å²) in [6.45, 7) is 10.0. The van der Waals surface area contributed by atoms with Crippen LogP contribution in [0, 0.1) is 13.8 Å². The molecule has 0 saturated carbocycles. The predicted octanol–water partition coefficient (Wildman–Crippen LogP) is 4.45. The topological polar surface area (TPSA) is 0 Å². The minimum Gasteiger partial charge on any atom is -0.0991 e. The minimum atomic E-state index is 1.25. The molecule has 15 heavy (non-hydrogen) atoms. The number of hydrogen-bond acceptors (Lipinski definition) is 0. The summed E-state index contributed by atoms with van der Waals surface area (Å²) in [5, 5.41) is 0. The second-order valence-electron chi connectivity index (χ2n) is 3.66. The second-order valence-corrected chi connectivity index (χ2v) is 3.66. The predicted molar refractivity (Wildman–Crippen MR) is 68.9 cm³/mol. The summed E-state index contributed by atoms with van der Waals surface area (Å²) in [7, 11) is 0. The summed E-state index contributed by atoms with van der Waals surface area (Å²) in [5.41, 5.74) is 5.15. The van der Waals surface area contributed by atoms with E-state index in [2.05, 4.69) is 57.7 Å². The van der Waals surface area contributed by atoms with Crippen molar-refractivity contribution in [2.24, 2.45) is 0 Å². The van der Waals surface area contributed by atoms with Gasteiger partial charge in [-0.2, -0.15) is 0 Å². The van der Waals surface area contributed by atoms with E-state index >= 15 is 0 Å². The maximum Gasteiger partial charge on any atom is -0.0155 e. The molecule has 1 aromatic carbocycles. The Bertz CT molecular complexity index is 406. The minimum absolute atomic E-state index is 1.25. The van der Waals surface area contributed by atoms with E-state index in [1.807, 2.05) is 6.08 Å². The third kappa shape index (κ3) is 2.95. The van der Waals surface area contributed by atoms with Crippen molar-refractivity contribution in [2.75, 3.05) is 0 Å². The summed E-state index contributed by atoms with van der Waals surface area (Å²) in [6.07, 6.45) is 7.99. The smallest absolute Gasteiger partial charge is 0.0155 e. The molecule has 0 aliphatic carbocycles. The highest BCUT2D eigenvalue weighted by Crippen LogP contribution is 2.21. The molecule has 0 N–H and O–H groups in total. The van der Waals surface area contributed by atoms with E-state index in [0.717, 1.165) is 0 Å². The molecule has 0 aromatic heterocycles. The molecular weight excluding hydrogens is 180 g/mol. The molecule has 78 valence electrons. The average Bonchev–Trinajstić information content (AvgIpc) is 2.24. The zero-order valence-electron chi connectivity index (χ0n) is 9.75. The van der Waals surface area contributed by atoms with Crippen LogP contribution in [-0.2, 0) is 0 Å². The number of benzene rings is 1. The van der Waals surface area contributed by atoms with Crippen LogP contribution in [0.5, 0.6) is 0 Å². The van der Waals surface area contributed by atoms with Crippen LogP contribution in [0.25, 0.3) is 5.57 Å². The fourth-order valence-electron chi connectivity index (χ4n) is 1.56. The van der Waals surface area contributed by atoms with Gasteiger partial charge in [-0.3, -0.25) is 0 Å². The second kappa shape index (κ2) is 5.35. The van der Waals surface area contributed by atoms with Gasteiger partial charge in [0, 0.05) is 0 Å². The van der Waals surface area contributed by atoms with E-state index in [9.17, 15) is 0 Å². The molecule has 0 heterocycles. The van der Waals surface area contributed by atoms with Crippen LogP contribution in [0.1, 0.15) is 23.6 Å². The summed E-state index contributed by atoms with van der Waals surface area (Å²) in [4.78, 5) is 0. The molecule has 0 saturated heterocycles. The van der Waals surface area contributed by atoms with Crippen molar-refractivity contribution in [3.63, 3.8) is 0 Å². The van der Waals surface area contributed by atoms with Crippen molar-refractivity contribution >= 4 is 5.57 Å². The van der Waals surface area contributed by atoms with Gasteiger partial charge < -0.3 is 0 Å². The van der Waals surface area contributed by atoms with Crippen molar-refractivity contribution in [2.45, 2.75) is 20.8 Å². The highest BCUT2D eigenvalue weighted by Gasteiger charge is 2.01. The van der Waals surface area contributed by atoms with E-state index in [0.29, 0.717) is 0 Å². The highest BCUT2D eigenvalue weighted by atomic mass is 14.1. The summed E-state index contributed by atoms with van der Waals surface area (Å²) in [5.74, 6) is 0. The summed E-state index contributed by atoms with van der Waals surface area (Å²) < 4.78 is 0. The van der Waals surface area contributed by atoms with Gasteiger partial charge in [-0.15, -0.1) is 0 Å². The Labute approximate surface area is 92.6 Å². The standard InChI is InChI=1S/C15H18/c1-5-7-8-14(6-2)15-11-12(3)9-10-13(15)4/h5-11H,1H2,2-4H3/b8-7-,14-6+. The van der Waals surface area contributed by atoms with Crippen LogP contribution in [0.2, 0.25) is 0 Å². The largest absolute Gasteiger partial charge is 0.0991 e. The van der Waals surface area contributed by atoms with Gasteiger partial charge in [-0.05, 0) is 37.5 Å². The van der Waals surface area contributed by atoms with Gasteiger partial charge in [0.1, 0.15) is 0 Å². The Morgan fingerprint density at radius 3 is 2.60 bits per heavy atom. The van der Waals surface area contributed by atoms with E-state index < -0.39 is 0 Å². The molecule has 0 aliphatic rings. The lowest BCUT2D eigenvalue weighted by Crippen LogP contribution is -1.87. The fraction of sp³-hybridized carbons (Fsp3) is 0.200. The maximum atomic E-state index is 3.69. The quantitative estimate of drug-likeness (QED) is 0.629. The SMILES string of the molecule is C=C/C=C\C(=C/C)c1cc(C)ccc1C. The van der Waals surface area contributed by atoms with Gasteiger partial charge in [-0.1, -0.05) is 54.6 Å². The Balaban J connectivity index is 3.18. The molecule has 0 heteroatoms. The van der Waals surface area contributed by atoms with Gasteiger partial charge >= 0.3 is 0 Å². The zero-order chi connectivity index (χ0) is 11.3. The fourth-order valence-corrected chi connectivity index (χ4v) is 1.56. The number of rotatable bonds is 3. The van der Waals surface area contributed by atoms with Gasteiger partial charge in [0.05, 0.1) is 0 Å². The Morgan fingerprint density at radius 1 is 1.27 bits per heavy atom. The van der Waals surface area contributed by atoms with Gasteiger partial charge in [0.15, 0.2) is 0 Å². The Morgan fingerprint density at radius 2 is 2.00 bits per heavy atom. The summed E-state index contributed by atoms with van der Waals surface area (Å²) in [6, 6.07) is 6.53. The van der Waals surface area contributed by atoms with Crippen molar-refractivity contribution in [1.29, 1.82) is 0 Å². The Kier molecular flexibility index (Phi) is 4.11. The van der Waals surface area contributed by atoms with E-state index in [-0.39, 0.29) is 0 Å². The molecule has 0 unspecified atom stereocenters. The number of aryl methyl sites for hydroxylation is 2. The molecule has 0 radical (unpaired) electrons. The highest BCUT2D eigenvalue weighted by molar-refractivity contribution is 5.76. The van der Waals surface area contributed by atoms with Crippen LogP contribution in [0.3, 0.4) is 0 Å². The lowest BCUT2D eigenvalue weighted by Gasteiger charge is -2.07. The first-order chi connectivity index (χ1) is 7.19. The molecule has 1 rings (SSSR count). The van der Waals surface area contributed by atoms with Crippen molar-refractivity contribution < 1.29 is 0 Å². The van der Waals surface area contributed by atoms with Gasteiger partial charge in [-0.25, -0.2) is 0 Å². The molecule has 0 atom stereocenters. The maximum absolute atomic E-state index is 3.69. The molecule has 1 aromatic rings. The third-order valence-electron chi connectivity index (χ3n) is 2.43.